The number of carbonyl (C=O) groups is 1. The molecule has 2 heterocycles. The highest BCUT2D eigenvalue weighted by molar-refractivity contribution is 7.91. The van der Waals surface area contributed by atoms with Gasteiger partial charge in [0.05, 0.1) is 18.1 Å². The molecular weight excluding hydrogens is 416 g/mol. The molecule has 2 aromatic carbocycles. The first-order valence-corrected chi connectivity index (χ1v) is 12.0. The van der Waals surface area contributed by atoms with Crippen LogP contribution in [0.4, 0.5) is 0 Å². The Balaban J connectivity index is 1.58. The van der Waals surface area contributed by atoms with Gasteiger partial charge in [-0.05, 0) is 43.2 Å². The molecule has 1 amide bonds. The molecule has 0 spiro atoms. The van der Waals surface area contributed by atoms with Gasteiger partial charge in [-0.1, -0.05) is 35.5 Å². The highest BCUT2D eigenvalue weighted by Gasteiger charge is 2.36. The topological polar surface area (TPSA) is 89.7 Å². The third kappa shape index (κ3) is 4.96. The third-order valence-electron chi connectivity index (χ3n) is 5.28. The first-order chi connectivity index (χ1) is 14.9. The van der Waals surface area contributed by atoms with Gasteiger partial charge in [0, 0.05) is 24.2 Å². The van der Waals surface area contributed by atoms with Crippen molar-refractivity contribution in [2.24, 2.45) is 0 Å². The van der Waals surface area contributed by atoms with E-state index in [0.29, 0.717) is 25.3 Å². The Morgan fingerprint density at radius 3 is 2.55 bits per heavy atom. The molecule has 31 heavy (non-hydrogen) atoms. The minimum Gasteiger partial charge on any atom is -0.494 e. The molecule has 1 saturated heterocycles. The normalized spacial score (nSPS) is 17.4. The van der Waals surface area contributed by atoms with Gasteiger partial charge in [-0.2, -0.15) is 0 Å². The summed E-state index contributed by atoms with van der Waals surface area (Å²) in [4.78, 5) is 14.9. The fourth-order valence-corrected chi connectivity index (χ4v) is 5.44. The quantitative estimate of drug-likeness (QED) is 0.558. The van der Waals surface area contributed by atoms with E-state index in [-0.39, 0.29) is 29.1 Å². The van der Waals surface area contributed by atoms with Gasteiger partial charge in [0.1, 0.15) is 5.75 Å². The molecule has 1 aliphatic rings. The van der Waals surface area contributed by atoms with Crippen LogP contribution in [-0.2, 0) is 16.4 Å². The van der Waals surface area contributed by atoms with Crippen LogP contribution >= 0.6 is 0 Å². The SMILES string of the molecule is CCOc1ccc(-c2cc(C(=O)N(Cc3ccccc3)[C@H]3CCS(=O)(=O)C3)no2)cc1. The van der Waals surface area contributed by atoms with Crippen molar-refractivity contribution in [3.63, 3.8) is 0 Å². The zero-order valence-corrected chi connectivity index (χ0v) is 18.0. The van der Waals surface area contributed by atoms with E-state index in [2.05, 4.69) is 5.16 Å². The molecular formula is C23H24N2O5S. The van der Waals surface area contributed by atoms with Crippen molar-refractivity contribution in [3.05, 3.63) is 71.9 Å². The smallest absolute Gasteiger partial charge is 0.276 e. The first kappa shape index (κ1) is 21.1. The van der Waals surface area contributed by atoms with E-state index in [9.17, 15) is 13.2 Å². The molecule has 0 saturated carbocycles. The van der Waals surface area contributed by atoms with E-state index in [1.54, 1.807) is 11.0 Å². The first-order valence-electron chi connectivity index (χ1n) is 10.2. The van der Waals surface area contributed by atoms with Crippen LogP contribution in [0, 0.1) is 0 Å². The maximum atomic E-state index is 13.3. The second kappa shape index (κ2) is 8.93. The number of amides is 1. The van der Waals surface area contributed by atoms with Crippen LogP contribution in [0.25, 0.3) is 11.3 Å². The Hall–Kier alpha value is -3.13. The molecule has 0 N–H and O–H groups in total. The summed E-state index contributed by atoms with van der Waals surface area (Å²) in [5, 5.41) is 3.97. The Kier molecular flexibility index (Phi) is 6.08. The summed E-state index contributed by atoms with van der Waals surface area (Å²) in [6.45, 7) is 2.80. The van der Waals surface area contributed by atoms with Gasteiger partial charge >= 0.3 is 0 Å². The second-order valence-electron chi connectivity index (χ2n) is 7.51. The highest BCUT2D eigenvalue weighted by Crippen LogP contribution is 2.26. The Morgan fingerprint density at radius 1 is 1.16 bits per heavy atom. The van der Waals surface area contributed by atoms with Crippen LogP contribution in [0.2, 0.25) is 0 Å². The molecule has 0 radical (unpaired) electrons. The van der Waals surface area contributed by atoms with E-state index in [4.69, 9.17) is 9.26 Å². The molecule has 0 aliphatic carbocycles. The summed E-state index contributed by atoms with van der Waals surface area (Å²) >= 11 is 0. The van der Waals surface area contributed by atoms with Crippen molar-refractivity contribution in [3.8, 4) is 17.1 Å². The number of ether oxygens (including phenoxy) is 1. The molecule has 4 rings (SSSR count). The summed E-state index contributed by atoms with van der Waals surface area (Å²) in [5.41, 5.74) is 1.85. The number of rotatable bonds is 7. The molecule has 0 unspecified atom stereocenters. The molecule has 1 fully saturated rings. The van der Waals surface area contributed by atoms with Crippen molar-refractivity contribution >= 4 is 15.7 Å². The van der Waals surface area contributed by atoms with E-state index < -0.39 is 9.84 Å². The van der Waals surface area contributed by atoms with Gasteiger partial charge in [0.15, 0.2) is 21.3 Å². The highest BCUT2D eigenvalue weighted by atomic mass is 32.2. The molecule has 8 heteroatoms. The minimum atomic E-state index is -3.14. The van der Waals surface area contributed by atoms with E-state index >= 15 is 0 Å². The molecule has 162 valence electrons. The minimum absolute atomic E-state index is 0.0326. The Labute approximate surface area is 181 Å². The Morgan fingerprint density at radius 2 is 1.90 bits per heavy atom. The van der Waals surface area contributed by atoms with Crippen molar-refractivity contribution in [2.45, 2.75) is 25.9 Å². The predicted octanol–water partition coefficient (Wildman–Crippen LogP) is 3.57. The largest absolute Gasteiger partial charge is 0.494 e. The van der Waals surface area contributed by atoms with E-state index in [0.717, 1.165) is 16.9 Å². The lowest BCUT2D eigenvalue weighted by Gasteiger charge is -2.27. The molecule has 1 atom stereocenters. The monoisotopic (exact) mass is 440 g/mol. The fourth-order valence-electron chi connectivity index (χ4n) is 3.71. The number of benzene rings is 2. The number of hydrogen-bond donors (Lipinski definition) is 0. The summed E-state index contributed by atoms with van der Waals surface area (Å²) in [5.74, 6) is 0.928. The van der Waals surface area contributed by atoms with Crippen molar-refractivity contribution < 1.29 is 22.5 Å². The number of carbonyl (C=O) groups excluding carboxylic acids is 1. The van der Waals surface area contributed by atoms with Crippen LogP contribution in [0.5, 0.6) is 5.75 Å². The van der Waals surface area contributed by atoms with Gasteiger partial charge in [-0.3, -0.25) is 4.79 Å². The number of hydrogen-bond acceptors (Lipinski definition) is 6. The average Bonchev–Trinajstić information content (AvgIpc) is 3.40. The lowest BCUT2D eigenvalue weighted by Crippen LogP contribution is -2.40. The van der Waals surface area contributed by atoms with Crippen LogP contribution in [0.1, 0.15) is 29.4 Å². The van der Waals surface area contributed by atoms with Gasteiger partial charge in [-0.15, -0.1) is 0 Å². The van der Waals surface area contributed by atoms with Gasteiger partial charge in [0.2, 0.25) is 0 Å². The number of sulfone groups is 1. The van der Waals surface area contributed by atoms with Gasteiger partial charge in [-0.25, -0.2) is 8.42 Å². The predicted molar refractivity (Wildman–Crippen MR) is 116 cm³/mol. The molecule has 3 aromatic rings. The molecule has 1 aliphatic heterocycles. The van der Waals surface area contributed by atoms with Crippen LogP contribution in [-0.4, -0.2) is 48.5 Å². The second-order valence-corrected chi connectivity index (χ2v) is 9.74. The van der Waals surface area contributed by atoms with Crippen molar-refractivity contribution in [1.29, 1.82) is 0 Å². The van der Waals surface area contributed by atoms with Gasteiger partial charge in [0.25, 0.3) is 5.91 Å². The summed E-state index contributed by atoms with van der Waals surface area (Å²) in [6, 6.07) is 18.1. The van der Waals surface area contributed by atoms with Crippen LogP contribution in [0.15, 0.2) is 65.2 Å². The average molecular weight is 441 g/mol. The maximum absolute atomic E-state index is 13.3. The molecule has 7 nitrogen and oxygen atoms in total. The third-order valence-corrected chi connectivity index (χ3v) is 7.04. The summed E-state index contributed by atoms with van der Waals surface area (Å²) in [7, 11) is -3.14. The molecule has 0 bridgehead atoms. The van der Waals surface area contributed by atoms with Crippen molar-refractivity contribution in [1.82, 2.24) is 10.1 Å². The zero-order valence-electron chi connectivity index (χ0n) is 17.2. The fraction of sp³-hybridized carbons (Fsp3) is 0.304. The Bertz CT molecular complexity index is 1140. The van der Waals surface area contributed by atoms with E-state index in [1.807, 2.05) is 61.5 Å². The van der Waals surface area contributed by atoms with Crippen molar-refractivity contribution in [2.75, 3.05) is 18.1 Å². The standard InChI is InChI=1S/C23H24N2O5S/c1-2-29-20-10-8-18(9-11-20)22-14-21(24-30-22)23(26)25(15-17-6-4-3-5-7-17)19-12-13-31(27,28)16-19/h3-11,14,19H,2,12-13,15-16H2,1H3/t19-/m0/s1. The summed E-state index contributed by atoms with van der Waals surface area (Å²) in [6.07, 6.45) is 0.421. The zero-order chi connectivity index (χ0) is 21.8. The lowest BCUT2D eigenvalue weighted by molar-refractivity contribution is 0.0670. The van der Waals surface area contributed by atoms with E-state index in [1.165, 1.54) is 0 Å². The number of aromatic nitrogens is 1. The number of nitrogens with zero attached hydrogens (tertiary/aromatic N) is 2. The lowest BCUT2D eigenvalue weighted by atomic mass is 10.1. The molecule has 1 aromatic heterocycles. The van der Waals surface area contributed by atoms with Crippen LogP contribution < -0.4 is 4.74 Å². The van der Waals surface area contributed by atoms with Gasteiger partial charge < -0.3 is 14.2 Å². The van der Waals surface area contributed by atoms with Crippen LogP contribution in [0.3, 0.4) is 0 Å². The maximum Gasteiger partial charge on any atom is 0.276 e. The summed E-state index contributed by atoms with van der Waals surface area (Å²) < 4.78 is 34.9.